The number of ether oxygens (including phenoxy) is 2. The summed E-state index contributed by atoms with van der Waals surface area (Å²) in [5.74, 6) is -0.809. The van der Waals surface area contributed by atoms with Crippen molar-refractivity contribution >= 4 is 19.8 Å². The maximum Gasteiger partial charge on any atom is 0.472 e. The predicted octanol–water partition coefficient (Wildman–Crippen LogP) is 16.9. The minimum absolute atomic E-state index is 0.0572. The zero-order valence-corrected chi connectivity index (χ0v) is 43.2. The Bertz CT molecular complexity index is 1060. The van der Waals surface area contributed by atoms with E-state index in [1.807, 2.05) is 0 Å². The Labute approximate surface area is 396 Å². The highest BCUT2D eigenvalue weighted by Gasteiger charge is 2.26. The van der Waals surface area contributed by atoms with Crippen molar-refractivity contribution in [2.24, 2.45) is 5.73 Å². The van der Waals surface area contributed by atoms with Crippen LogP contribution in [0.15, 0.2) is 12.2 Å². The number of carbonyl (C=O) groups is 2. The van der Waals surface area contributed by atoms with Gasteiger partial charge in [0.05, 0.1) is 13.2 Å². The third-order valence-electron chi connectivity index (χ3n) is 12.4. The number of phosphoric acid groups is 1. The van der Waals surface area contributed by atoms with Gasteiger partial charge >= 0.3 is 19.8 Å². The van der Waals surface area contributed by atoms with E-state index in [0.29, 0.717) is 6.42 Å². The fourth-order valence-electron chi connectivity index (χ4n) is 8.28. The molecule has 2 atom stereocenters. The van der Waals surface area contributed by atoms with Crippen molar-refractivity contribution in [2.45, 2.75) is 296 Å². The Morgan fingerprint density at radius 3 is 1.11 bits per heavy atom. The van der Waals surface area contributed by atoms with Crippen LogP contribution in [-0.2, 0) is 32.7 Å². The monoisotopic (exact) mass is 928 g/mol. The molecule has 64 heavy (non-hydrogen) atoms. The molecule has 9 nitrogen and oxygen atoms in total. The maximum absolute atomic E-state index is 12.7. The summed E-state index contributed by atoms with van der Waals surface area (Å²) in [7, 11) is -4.38. The van der Waals surface area contributed by atoms with Crippen LogP contribution in [0.2, 0.25) is 0 Å². The molecule has 0 saturated heterocycles. The molecule has 0 heterocycles. The van der Waals surface area contributed by atoms with E-state index in [4.69, 9.17) is 24.3 Å². The summed E-state index contributed by atoms with van der Waals surface area (Å²) in [6.45, 7) is 3.80. The van der Waals surface area contributed by atoms with E-state index in [1.165, 1.54) is 225 Å². The largest absolute Gasteiger partial charge is 0.472 e. The number of allylic oxidation sites excluding steroid dienone is 2. The zero-order chi connectivity index (χ0) is 46.7. The predicted molar refractivity (Wildman–Crippen MR) is 271 cm³/mol. The molecular formula is C54H106NO8P. The standard InChI is InChI=1S/C54H106NO8P/c1-3-5-7-9-11-13-15-17-19-21-22-23-24-25-26-27-28-29-30-31-33-35-37-39-41-43-45-47-54(57)63-52(51-62-64(58,59)61-49-48-55)50-60-53(56)46-44-42-40-38-36-34-32-20-18-16-14-12-10-8-6-4-2/h21-22,52H,3-20,23-51,55H2,1-2H3,(H,58,59)/b22-21-. The molecule has 0 saturated carbocycles. The minimum atomic E-state index is -4.38. The molecule has 0 aromatic rings. The van der Waals surface area contributed by atoms with Crippen molar-refractivity contribution in [2.75, 3.05) is 26.4 Å². The van der Waals surface area contributed by atoms with Crippen LogP contribution in [0.4, 0.5) is 0 Å². The SMILES string of the molecule is CCCCCCCCCC/C=C\CCCCCCCCCCCCCCCCCC(=O)OC(COC(=O)CCCCCCCCCCCCCCCCCC)COP(=O)(O)OCCN. The molecule has 0 aromatic heterocycles. The minimum Gasteiger partial charge on any atom is -0.462 e. The van der Waals surface area contributed by atoms with Crippen molar-refractivity contribution in [1.82, 2.24) is 0 Å². The highest BCUT2D eigenvalue weighted by Crippen LogP contribution is 2.43. The number of hydrogen-bond acceptors (Lipinski definition) is 8. The van der Waals surface area contributed by atoms with Gasteiger partial charge in [-0.25, -0.2) is 4.57 Å². The second kappa shape index (κ2) is 51.1. The van der Waals surface area contributed by atoms with Crippen LogP contribution in [0.5, 0.6) is 0 Å². The summed E-state index contributed by atoms with van der Waals surface area (Å²) in [5, 5.41) is 0. The Morgan fingerprint density at radius 2 is 0.766 bits per heavy atom. The third kappa shape index (κ3) is 50.2. The first-order chi connectivity index (χ1) is 31.3. The molecule has 10 heteroatoms. The molecule has 0 spiro atoms. The maximum atomic E-state index is 12.7. The lowest BCUT2D eigenvalue weighted by molar-refractivity contribution is -0.161. The summed E-state index contributed by atoms with van der Waals surface area (Å²) in [6, 6.07) is 0. The van der Waals surface area contributed by atoms with Gasteiger partial charge in [0.2, 0.25) is 0 Å². The molecule has 0 aliphatic rings. The first-order valence-corrected chi connectivity index (χ1v) is 29.2. The first-order valence-electron chi connectivity index (χ1n) is 27.7. The average Bonchev–Trinajstić information content (AvgIpc) is 3.28. The van der Waals surface area contributed by atoms with Gasteiger partial charge < -0.3 is 20.1 Å². The number of unbranched alkanes of at least 4 members (excludes halogenated alkanes) is 38. The molecule has 2 unspecified atom stereocenters. The lowest BCUT2D eigenvalue weighted by Crippen LogP contribution is -2.29. The topological polar surface area (TPSA) is 134 Å². The van der Waals surface area contributed by atoms with E-state index in [9.17, 15) is 19.0 Å². The molecular weight excluding hydrogens is 822 g/mol. The van der Waals surface area contributed by atoms with Gasteiger partial charge in [0.15, 0.2) is 6.10 Å². The molecule has 0 bridgehead atoms. The molecule has 0 fully saturated rings. The first kappa shape index (κ1) is 62.8. The van der Waals surface area contributed by atoms with Crippen LogP contribution in [-0.4, -0.2) is 49.3 Å². The number of carbonyl (C=O) groups excluding carboxylic acids is 2. The summed E-state index contributed by atoms with van der Waals surface area (Å²) in [6.07, 6.45) is 56.9. The average molecular weight is 928 g/mol. The Balaban J connectivity index is 3.92. The van der Waals surface area contributed by atoms with Crippen molar-refractivity contribution < 1.29 is 37.6 Å². The van der Waals surface area contributed by atoms with Crippen molar-refractivity contribution in [3.63, 3.8) is 0 Å². The summed E-state index contributed by atoms with van der Waals surface area (Å²) >= 11 is 0. The summed E-state index contributed by atoms with van der Waals surface area (Å²) in [5.41, 5.74) is 5.37. The van der Waals surface area contributed by atoms with Gasteiger partial charge in [0.1, 0.15) is 6.61 Å². The number of esters is 2. The molecule has 0 aliphatic heterocycles. The Kier molecular flexibility index (Phi) is 50.1. The second-order valence-electron chi connectivity index (χ2n) is 18.8. The van der Waals surface area contributed by atoms with E-state index in [2.05, 4.69) is 26.0 Å². The third-order valence-corrected chi connectivity index (χ3v) is 13.4. The lowest BCUT2D eigenvalue weighted by Gasteiger charge is -2.19. The van der Waals surface area contributed by atoms with Crippen LogP contribution in [0.1, 0.15) is 290 Å². The number of rotatable bonds is 53. The molecule has 0 aromatic carbocycles. The Hall–Kier alpha value is -1.25. The van der Waals surface area contributed by atoms with Crippen LogP contribution in [0, 0.1) is 0 Å². The molecule has 380 valence electrons. The van der Waals surface area contributed by atoms with Gasteiger partial charge in [-0.05, 0) is 38.5 Å². The normalized spacial score (nSPS) is 13.1. The van der Waals surface area contributed by atoms with Crippen LogP contribution < -0.4 is 5.73 Å². The molecule has 0 rings (SSSR count). The molecule has 0 amide bonds. The van der Waals surface area contributed by atoms with Gasteiger partial charge in [-0.2, -0.15) is 0 Å². The van der Waals surface area contributed by atoms with Gasteiger partial charge in [-0.3, -0.25) is 18.6 Å². The summed E-state index contributed by atoms with van der Waals surface area (Å²) in [4.78, 5) is 35.1. The van der Waals surface area contributed by atoms with E-state index in [-0.39, 0.29) is 38.6 Å². The number of nitrogens with two attached hydrogens (primary N) is 1. The lowest BCUT2D eigenvalue weighted by atomic mass is 10.0. The van der Waals surface area contributed by atoms with E-state index in [0.717, 1.165) is 32.1 Å². The molecule has 3 N–H and O–H groups in total. The van der Waals surface area contributed by atoms with Crippen LogP contribution >= 0.6 is 7.82 Å². The Morgan fingerprint density at radius 1 is 0.453 bits per heavy atom. The van der Waals surface area contributed by atoms with E-state index < -0.39 is 26.5 Å². The van der Waals surface area contributed by atoms with E-state index >= 15 is 0 Å². The van der Waals surface area contributed by atoms with E-state index in [1.54, 1.807) is 0 Å². The smallest absolute Gasteiger partial charge is 0.462 e. The van der Waals surface area contributed by atoms with Crippen LogP contribution in [0.3, 0.4) is 0 Å². The number of hydrogen-bond donors (Lipinski definition) is 2. The van der Waals surface area contributed by atoms with Crippen molar-refractivity contribution in [3.8, 4) is 0 Å². The van der Waals surface area contributed by atoms with Crippen molar-refractivity contribution in [1.29, 1.82) is 0 Å². The van der Waals surface area contributed by atoms with Crippen molar-refractivity contribution in [3.05, 3.63) is 12.2 Å². The second-order valence-corrected chi connectivity index (χ2v) is 20.3. The number of phosphoric ester groups is 1. The zero-order valence-electron chi connectivity index (χ0n) is 42.3. The highest BCUT2D eigenvalue weighted by atomic mass is 31.2. The highest BCUT2D eigenvalue weighted by molar-refractivity contribution is 7.47. The van der Waals surface area contributed by atoms with Gasteiger partial charge in [-0.15, -0.1) is 0 Å². The quantitative estimate of drug-likeness (QED) is 0.0265. The molecule has 0 aliphatic carbocycles. The van der Waals surface area contributed by atoms with Gasteiger partial charge in [0.25, 0.3) is 0 Å². The molecule has 0 radical (unpaired) electrons. The summed E-state index contributed by atoms with van der Waals surface area (Å²) < 4.78 is 33.0. The fraction of sp³-hybridized carbons (Fsp3) is 0.926. The van der Waals surface area contributed by atoms with Crippen LogP contribution in [0.25, 0.3) is 0 Å². The fourth-order valence-corrected chi connectivity index (χ4v) is 9.05. The van der Waals surface area contributed by atoms with Gasteiger partial charge in [0, 0.05) is 19.4 Å². The van der Waals surface area contributed by atoms with Gasteiger partial charge in [-0.1, -0.05) is 251 Å².